The number of carbonyl (C=O) groups excluding carboxylic acids is 1. The van der Waals surface area contributed by atoms with Gasteiger partial charge in [0, 0.05) is 23.2 Å². The molecule has 2 heterocycles. The van der Waals surface area contributed by atoms with Gasteiger partial charge < -0.3 is 9.47 Å². The molecule has 0 spiro atoms. The molecule has 0 aromatic carbocycles. The number of nitrogens with zero attached hydrogens (tertiary/aromatic N) is 1. The lowest BCUT2D eigenvalue weighted by Gasteiger charge is -2.01. The maximum absolute atomic E-state index is 12.1. The Hall–Kier alpha value is -1.88. The van der Waals surface area contributed by atoms with Crippen molar-refractivity contribution in [2.75, 3.05) is 14.2 Å². The number of aromatic nitrogens is 1. The summed E-state index contributed by atoms with van der Waals surface area (Å²) >= 11 is 1.35. The predicted octanol–water partition coefficient (Wildman–Crippen LogP) is 2.39. The van der Waals surface area contributed by atoms with Crippen LogP contribution in [0.4, 0.5) is 0 Å². The molecule has 4 nitrogen and oxygen atoms in total. The third-order valence-electron chi connectivity index (χ3n) is 2.25. The number of methoxy groups -OCH3 is 2. The quantitative estimate of drug-likeness (QED) is 0.781. The van der Waals surface area contributed by atoms with E-state index in [1.165, 1.54) is 17.5 Å². The lowest BCUT2D eigenvalue weighted by Crippen LogP contribution is -2.00. The number of ketones is 1. The number of thiophene rings is 1. The zero-order valence-electron chi connectivity index (χ0n) is 9.47. The molecule has 2 aromatic rings. The van der Waals surface area contributed by atoms with Gasteiger partial charge in [0.25, 0.3) is 0 Å². The highest BCUT2D eigenvalue weighted by Gasteiger charge is 2.13. The summed E-state index contributed by atoms with van der Waals surface area (Å²) in [5, 5.41) is 1.79. The van der Waals surface area contributed by atoms with Crippen LogP contribution in [0.3, 0.4) is 0 Å². The smallest absolute Gasteiger partial charge is 0.204 e. The van der Waals surface area contributed by atoms with Crippen LogP contribution in [-0.2, 0) is 0 Å². The van der Waals surface area contributed by atoms with E-state index in [-0.39, 0.29) is 5.78 Å². The number of pyridine rings is 1. The molecule has 2 aromatic heterocycles. The monoisotopic (exact) mass is 249 g/mol. The Morgan fingerprint density at radius 3 is 2.59 bits per heavy atom. The van der Waals surface area contributed by atoms with E-state index in [2.05, 4.69) is 4.98 Å². The van der Waals surface area contributed by atoms with Crippen LogP contribution >= 0.6 is 11.3 Å². The van der Waals surface area contributed by atoms with Crippen LogP contribution in [0, 0.1) is 0 Å². The molecule has 0 fully saturated rings. The van der Waals surface area contributed by atoms with Gasteiger partial charge in [0.05, 0.1) is 25.3 Å². The summed E-state index contributed by atoms with van der Waals surface area (Å²) in [7, 11) is 3.11. The van der Waals surface area contributed by atoms with Gasteiger partial charge in [0.2, 0.25) is 5.78 Å². The Morgan fingerprint density at radius 1 is 1.18 bits per heavy atom. The second-order valence-corrected chi connectivity index (χ2v) is 4.20. The Labute approximate surface area is 103 Å². The van der Waals surface area contributed by atoms with Gasteiger partial charge in [-0.3, -0.25) is 9.78 Å². The molecule has 0 atom stereocenters. The van der Waals surface area contributed by atoms with Gasteiger partial charge >= 0.3 is 0 Å². The van der Waals surface area contributed by atoms with Crippen molar-refractivity contribution in [2.24, 2.45) is 0 Å². The maximum atomic E-state index is 12.1. The van der Waals surface area contributed by atoms with Crippen LogP contribution in [0.25, 0.3) is 0 Å². The Bertz CT molecular complexity index is 536. The normalized spacial score (nSPS) is 10.0. The first-order chi connectivity index (χ1) is 8.24. The van der Waals surface area contributed by atoms with Crippen LogP contribution in [0.15, 0.2) is 29.9 Å². The summed E-state index contributed by atoms with van der Waals surface area (Å²) in [4.78, 5) is 16.7. The Balaban J connectivity index is 2.29. The molecule has 0 saturated heterocycles. The van der Waals surface area contributed by atoms with E-state index in [4.69, 9.17) is 9.47 Å². The van der Waals surface area contributed by atoms with Crippen LogP contribution in [0.1, 0.15) is 15.2 Å². The first kappa shape index (κ1) is 11.6. The minimum atomic E-state index is -0.0790. The Morgan fingerprint density at radius 2 is 1.94 bits per heavy atom. The minimum absolute atomic E-state index is 0.0790. The summed E-state index contributed by atoms with van der Waals surface area (Å²) in [6, 6.07) is 3.38. The first-order valence-electron chi connectivity index (χ1n) is 4.91. The van der Waals surface area contributed by atoms with Crippen LogP contribution in [-0.4, -0.2) is 25.0 Å². The average molecular weight is 249 g/mol. The van der Waals surface area contributed by atoms with Crippen molar-refractivity contribution in [3.05, 3.63) is 40.3 Å². The second kappa shape index (κ2) is 4.97. The summed E-state index contributed by atoms with van der Waals surface area (Å²) in [5.74, 6) is 1.18. The van der Waals surface area contributed by atoms with Gasteiger partial charge in [-0.1, -0.05) is 0 Å². The van der Waals surface area contributed by atoms with Crippen molar-refractivity contribution in [3.63, 3.8) is 0 Å². The topological polar surface area (TPSA) is 48.4 Å². The maximum Gasteiger partial charge on any atom is 0.204 e. The largest absolute Gasteiger partial charge is 0.496 e. The lowest BCUT2D eigenvalue weighted by molar-refractivity contribution is 0.104. The Kier molecular flexibility index (Phi) is 3.39. The van der Waals surface area contributed by atoms with Crippen molar-refractivity contribution in [1.82, 2.24) is 4.98 Å². The van der Waals surface area contributed by atoms with Gasteiger partial charge in [-0.2, -0.15) is 0 Å². The molecule has 5 heteroatoms. The van der Waals surface area contributed by atoms with Crippen LogP contribution < -0.4 is 9.47 Å². The predicted molar refractivity (Wildman–Crippen MR) is 65.1 cm³/mol. The molecule has 0 saturated carbocycles. The number of carbonyl (C=O) groups is 1. The van der Waals surface area contributed by atoms with Gasteiger partial charge in [-0.25, -0.2) is 0 Å². The van der Waals surface area contributed by atoms with E-state index in [1.807, 2.05) is 0 Å². The standard InChI is InChI=1S/C12H11NO3S/c1-15-9-3-8(5-13-6-9)12(14)11-4-10(16-2)7-17-11/h3-7H,1-2H3. The fourth-order valence-corrected chi connectivity index (χ4v) is 2.16. The second-order valence-electron chi connectivity index (χ2n) is 3.29. The van der Waals surface area contributed by atoms with E-state index in [9.17, 15) is 4.79 Å². The fraction of sp³-hybridized carbons (Fsp3) is 0.167. The van der Waals surface area contributed by atoms with Crippen LogP contribution in [0.5, 0.6) is 11.5 Å². The number of hydrogen-bond donors (Lipinski definition) is 0. The van der Waals surface area contributed by atoms with Crippen molar-refractivity contribution >= 4 is 17.1 Å². The molecule has 0 aliphatic carbocycles. The van der Waals surface area contributed by atoms with Crippen molar-refractivity contribution in [1.29, 1.82) is 0 Å². The van der Waals surface area contributed by atoms with E-state index >= 15 is 0 Å². The van der Waals surface area contributed by atoms with Crippen LogP contribution in [0.2, 0.25) is 0 Å². The summed E-state index contributed by atoms with van der Waals surface area (Å²) in [5.41, 5.74) is 0.508. The van der Waals surface area contributed by atoms with Gasteiger partial charge in [-0.15, -0.1) is 11.3 Å². The number of rotatable bonds is 4. The van der Waals surface area contributed by atoms with Crippen molar-refractivity contribution in [2.45, 2.75) is 0 Å². The zero-order chi connectivity index (χ0) is 12.3. The van der Waals surface area contributed by atoms with E-state index in [0.717, 1.165) is 0 Å². The summed E-state index contributed by atoms with van der Waals surface area (Å²) < 4.78 is 10.1. The van der Waals surface area contributed by atoms with Gasteiger partial charge in [0.1, 0.15) is 11.5 Å². The van der Waals surface area contributed by atoms with Gasteiger partial charge in [0.15, 0.2) is 0 Å². The molecule has 0 radical (unpaired) electrons. The average Bonchev–Trinajstić information content (AvgIpc) is 2.86. The summed E-state index contributed by atoms with van der Waals surface area (Å²) in [6.07, 6.45) is 3.09. The molecule has 88 valence electrons. The highest BCUT2D eigenvalue weighted by molar-refractivity contribution is 7.12. The zero-order valence-corrected chi connectivity index (χ0v) is 10.3. The molecule has 0 amide bonds. The molecular formula is C12H11NO3S. The van der Waals surface area contributed by atoms with Crippen molar-refractivity contribution in [3.8, 4) is 11.5 Å². The SMILES string of the molecule is COc1cncc(C(=O)c2cc(OC)cs2)c1. The number of ether oxygens (including phenoxy) is 2. The van der Waals surface area contributed by atoms with E-state index < -0.39 is 0 Å². The molecule has 0 N–H and O–H groups in total. The molecule has 17 heavy (non-hydrogen) atoms. The molecule has 2 rings (SSSR count). The third kappa shape index (κ3) is 2.45. The molecule has 0 aliphatic heterocycles. The molecule has 0 unspecified atom stereocenters. The summed E-state index contributed by atoms with van der Waals surface area (Å²) in [6.45, 7) is 0. The molecular weight excluding hydrogens is 238 g/mol. The minimum Gasteiger partial charge on any atom is -0.496 e. The van der Waals surface area contributed by atoms with Gasteiger partial charge in [-0.05, 0) is 6.07 Å². The fourth-order valence-electron chi connectivity index (χ4n) is 1.34. The van der Waals surface area contributed by atoms with E-state index in [0.29, 0.717) is 21.9 Å². The highest BCUT2D eigenvalue weighted by Crippen LogP contribution is 2.24. The van der Waals surface area contributed by atoms with E-state index in [1.54, 1.807) is 37.9 Å². The highest BCUT2D eigenvalue weighted by atomic mass is 32.1. The molecule has 0 aliphatic rings. The molecule has 0 bridgehead atoms. The first-order valence-corrected chi connectivity index (χ1v) is 5.79. The number of hydrogen-bond acceptors (Lipinski definition) is 5. The third-order valence-corrected chi connectivity index (χ3v) is 3.15. The van der Waals surface area contributed by atoms with Crippen molar-refractivity contribution < 1.29 is 14.3 Å². The lowest BCUT2D eigenvalue weighted by atomic mass is 10.1.